The zero-order valence-corrected chi connectivity index (χ0v) is 11.8. The number of nitrogens with one attached hydrogen (secondary N) is 1. The van der Waals surface area contributed by atoms with Gasteiger partial charge < -0.3 is 14.8 Å². The van der Waals surface area contributed by atoms with Gasteiger partial charge in [-0.05, 0) is 26.7 Å². The van der Waals surface area contributed by atoms with Gasteiger partial charge in [0, 0.05) is 52.0 Å². The summed E-state index contributed by atoms with van der Waals surface area (Å²) in [6.07, 6.45) is 2.31. The molecule has 0 bridgehead atoms. The monoisotopic (exact) mass is 244 g/mol. The van der Waals surface area contributed by atoms with Crippen molar-refractivity contribution in [1.29, 1.82) is 0 Å². The van der Waals surface area contributed by atoms with Crippen molar-refractivity contribution in [2.45, 2.75) is 38.3 Å². The van der Waals surface area contributed by atoms with Crippen LogP contribution in [0.2, 0.25) is 0 Å². The van der Waals surface area contributed by atoms with Crippen LogP contribution in [0.25, 0.3) is 0 Å². The van der Waals surface area contributed by atoms with Crippen LogP contribution in [-0.4, -0.2) is 63.5 Å². The number of hydrogen-bond acceptors (Lipinski definition) is 4. The van der Waals surface area contributed by atoms with Crippen LogP contribution >= 0.6 is 0 Å². The third-order valence-electron chi connectivity index (χ3n) is 3.45. The molecule has 0 aliphatic carbocycles. The normalized spacial score (nSPS) is 23.5. The minimum atomic E-state index is 0.275. The fraction of sp³-hybridized carbons (Fsp3) is 1.00. The molecule has 0 amide bonds. The number of hydrogen-bond donors (Lipinski definition) is 1. The zero-order chi connectivity index (χ0) is 12.7. The van der Waals surface area contributed by atoms with Crippen LogP contribution in [0.4, 0.5) is 0 Å². The number of rotatable bonds is 8. The van der Waals surface area contributed by atoms with E-state index in [1.54, 1.807) is 14.2 Å². The van der Waals surface area contributed by atoms with E-state index in [2.05, 4.69) is 24.1 Å². The van der Waals surface area contributed by atoms with Crippen molar-refractivity contribution in [1.82, 2.24) is 10.2 Å². The van der Waals surface area contributed by atoms with E-state index in [1.807, 2.05) is 0 Å². The van der Waals surface area contributed by atoms with Crippen LogP contribution in [0.1, 0.15) is 26.7 Å². The first-order valence-electron chi connectivity index (χ1n) is 6.56. The molecule has 1 N–H and O–H groups in total. The Kier molecular flexibility index (Phi) is 6.41. The Morgan fingerprint density at radius 3 is 2.41 bits per heavy atom. The van der Waals surface area contributed by atoms with Gasteiger partial charge in [0.25, 0.3) is 0 Å². The fourth-order valence-corrected chi connectivity index (χ4v) is 2.48. The molecule has 4 heteroatoms. The molecule has 1 heterocycles. The molecule has 17 heavy (non-hydrogen) atoms. The molecule has 1 saturated heterocycles. The van der Waals surface area contributed by atoms with Crippen molar-refractivity contribution in [2.75, 3.05) is 47.1 Å². The van der Waals surface area contributed by atoms with Crippen molar-refractivity contribution >= 4 is 0 Å². The molecule has 1 rings (SSSR count). The summed E-state index contributed by atoms with van der Waals surface area (Å²) in [5.74, 6) is 0. The Morgan fingerprint density at radius 1 is 1.18 bits per heavy atom. The van der Waals surface area contributed by atoms with Crippen LogP contribution in [0.3, 0.4) is 0 Å². The first kappa shape index (κ1) is 14.9. The first-order chi connectivity index (χ1) is 8.09. The molecule has 0 aromatic carbocycles. The largest absolute Gasteiger partial charge is 0.385 e. The van der Waals surface area contributed by atoms with Gasteiger partial charge in [0.15, 0.2) is 0 Å². The molecule has 102 valence electrons. The maximum absolute atomic E-state index is 5.20. The number of nitrogens with zero attached hydrogens (tertiary/aromatic N) is 1. The quantitative estimate of drug-likeness (QED) is 0.649. The van der Waals surface area contributed by atoms with Crippen molar-refractivity contribution in [3.8, 4) is 0 Å². The van der Waals surface area contributed by atoms with Crippen molar-refractivity contribution in [3.05, 3.63) is 0 Å². The second-order valence-corrected chi connectivity index (χ2v) is 5.50. The van der Waals surface area contributed by atoms with Crippen molar-refractivity contribution in [2.24, 2.45) is 0 Å². The molecule has 1 fully saturated rings. The lowest BCUT2D eigenvalue weighted by Crippen LogP contribution is -2.40. The van der Waals surface area contributed by atoms with Crippen LogP contribution < -0.4 is 5.32 Å². The predicted molar refractivity (Wildman–Crippen MR) is 70.4 cm³/mol. The molecule has 4 nitrogen and oxygen atoms in total. The molecular formula is C13H28N2O2. The fourth-order valence-electron chi connectivity index (χ4n) is 2.48. The SMILES string of the molecule is COCCCN(CCOC)C1CNC(C)(C)C1. The van der Waals surface area contributed by atoms with E-state index in [0.717, 1.165) is 39.3 Å². The summed E-state index contributed by atoms with van der Waals surface area (Å²) < 4.78 is 10.3. The Labute approximate surface area is 106 Å². The summed E-state index contributed by atoms with van der Waals surface area (Å²) in [7, 11) is 3.53. The molecule has 0 spiro atoms. The molecule has 1 atom stereocenters. The summed E-state index contributed by atoms with van der Waals surface area (Å²) in [5, 5.41) is 3.58. The molecular weight excluding hydrogens is 216 g/mol. The van der Waals surface area contributed by atoms with E-state index >= 15 is 0 Å². The topological polar surface area (TPSA) is 33.7 Å². The standard InChI is InChI=1S/C13H28N2O2/c1-13(2)10-12(11-14-13)15(7-9-17-4)6-5-8-16-3/h12,14H,5-11H2,1-4H3. The maximum atomic E-state index is 5.20. The summed E-state index contributed by atoms with van der Waals surface area (Å²) in [6.45, 7) is 9.40. The van der Waals surface area contributed by atoms with Gasteiger partial charge in [-0.15, -0.1) is 0 Å². The molecule has 1 aliphatic heterocycles. The van der Waals surface area contributed by atoms with E-state index in [1.165, 1.54) is 6.42 Å². The molecule has 0 radical (unpaired) electrons. The van der Waals surface area contributed by atoms with Gasteiger partial charge in [0.05, 0.1) is 6.61 Å². The Balaban J connectivity index is 2.39. The average Bonchev–Trinajstić information content (AvgIpc) is 2.64. The summed E-state index contributed by atoms with van der Waals surface area (Å²) in [5.41, 5.74) is 0.275. The lowest BCUT2D eigenvalue weighted by atomic mass is 10.0. The molecule has 0 saturated carbocycles. The van der Waals surface area contributed by atoms with Gasteiger partial charge in [-0.25, -0.2) is 0 Å². The summed E-state index contributed by atoms with van der Waals surface area (Å²) >= 11 is 0. The van der Waals surface area contributed by atoms with Gasteiger partial charge in [0.2, 0.25) is 0 Å². The minimum Gasteiger partial charge on any atom is -0.385 e. The van der Waals surface area contributed by atoms with Crippen molar-refractivity contribution in [3.63, 3.8) is 0 Å². The Bertz CT molecular complexity index is 210. The van der Waals surface area contributed by atoms with E-state index in [4.69, 9.17) is 9.47 Å². The van der Waals surface area contributed by atoms with E-state index < -0.39 is 0 Å². The van der Waals surface area contributed by atoms with Crippen LogP contribution in [-0.2, 0) is 9.47 Å². The van der Waals surface area contributed by atoms with Gasteiger partial charge >= 0.3 is 0 Å². The van der Waals surface area contributed by atoms with Gasteiger partial charge in [0.1, 0.15) is 0 Å². The van der Waals surface area contributed by atoms with Gasteiger partial charge in [-0.2, -0.15) is 0 Å². The molecule has 1 unspecified atom stereocenters. The van der Waals surface area contributed by atoms with E-state index in [-0.39, 0.29) is 5.54 Å². The summed E-state index contributed by atoms with van der Waals surface area (Å²) in [6, 6.07) is 0.636. The Morgan fingerprint density at radius 2 is 1.88 bits per heavy atom. The average molecular weight is 244 g/mol. The third-order valence-corrected chi connectivity index (χ3v) is 3.45. The predicted octanol–water partition coefficient (Wildman–Crippen LogP) is 1.11. The van der Waals surface area contributed by atoms with Crippen molar-refractivity contribution < 1.29 is 9.47 Å². The van der Waals surface area contributed by atoms with Crippen LogP contribution in [0.15, 0.2) is 0 Å². The smallest absolute Gasteiger partial charge is 0.0589 e. The highest BCUT2D eigenvalue weighted by atomic mass is 16.5. The lowest BCUT2D eigenvalue weighted by Gasteiger charge is -2.29. The van der Waals surface area contributed by atoms with Gasteiger partial charge in [-0.1, -0.05) is 0 Å². The van der Waals surface area contributed by atoms with Crippen LogP contribution in [0, 0.1) is 0 Å². The van der Waals surface area contributed by atoms with E-state index in [9.17, 15) is 0 Å². The van der Waals surface area contributed by atoms with Crippen LogP contribution in [0.5, 0.6) is 0 Å². The second kappa shape index (κ2) is 7.31. The highest BCUT2D eigenvalue weighted by Gasteiger charge is 2.33. The molecule has 0 aromatic rings. The van der Waals surface area contributed by atoms with Gasteiger partial charge in [-0.3, -0.25) is 4.90 Å². The molecule has 0 aromatic heterocycles. The lowest BCUT2D eigenvalue weighted by molar-refractivity contribution is 0.109. The number of methoxy groups -OCH3 is 2. The highest BCUT2D eigenvalue weighted by Crippen LogP contribution is 2.22. The molecule has 1 aliphatic rings. The number of ether oxygens (including phenoxy) is 2. The Hall–Kier alpha value is -0.160. The zero-order valence-electron chi connectivity index (χ0n) is 11.8. The first-order valence-corrected chi connectivity index (χ1v) is 6.56. The van der Waals surface area contributed by atoms with E-state index in [0.29, 0.717) is 6.04 Å². The highest BCUT2D eigenvalue weighted by molar-refractivity contribution is 4.94. The second-order valence-electron chi connectivity index (χ2n) is 5.50. The maximum Gasteiger partial charge on any atom is 0.0589 e. The minimum absolute atomic E-state index is 0.275. The third kappa shape index (κ3) is 5.34. The summed E-state index contributed by atoms with van der Waals surface area (Å²) in [4.78, 5) is 2.53.